The Labute approximate surface area is 149 Å². The first kappa shape index (κ1) is 18.7. The van der Waals surface area contributed by atoms with Gasteiger partial charge in [0.15, 0.2) is 0 Å². The average molecular weight is 358 g/mol. The second kappa shape index (κ2) is 9.62. The molecule has 2 fully saturated rings. The summed E-state index contributed by atoms with van der Waals surface area (Å²) in [6.45, 7) is 6.25. The molecule has 0 radical (unpaired) electrons. The van der Waals surface area contributed by atoms with Crippen LogP contribution >= 0.6 is 23.7 Å². The Morgan fingerprint density at radius 1 is 1.26 bits per heavy atom. The SMILES string of the molecule is Cl.O=C(NCC1CCN(Cc2cccs2)CC1)C1CCNCC1. The highest BCUT2D eigenvalue weighted by Crippen LogP contribution is 2.20. The molecule has 1 amide bonds. The number of carbonyl (C=O) groups is 1. The lowest BCUT2D eigenvalue weighted by Gasteiger charge is -2.32. The van der Waals surface area contributed by atoms with Crippen molar-refractivity contribution in [2.75, 3.05) is 32.7 Å². The molecule has 0 atom stereocenters. The van der Waals surface area contributed by atoms with Gasteiger partial charge in [-0.3, -0.25) is 9.69 Å². The van der Waals surface area contributed by atoms with Gasteiger partial charge in [-0.15, -0.1) is 23.7 Å². The van der Waals surface area contributed by atoms with E-state index < -0.39 is 0 Å². The molecule has 0 saturated carbocycles. The van der Waals surface area contributed by atoms with Gasteiger partial charge in [-0.2, -0.15) is 0 Å². The highest BCUT2D eigenvalue weighted by atomic mass is 35.5. The van der Waals surface area contributed by atoms with Crippen molar-refractivity contribution < 1.29 is 4.79 Å². The Morgan fingerprint density at radius 2 is 2.00 bits per heavy atom. The maximum atomic E-state index is 12.2. The van der Waals surface area contributed by atoms with Crippen LogP contribution in [0.3, 0.4) is 0 Å². The number of likely N-dealkylation sites (tertiary alicyclic amines) is 1. The van der Waals surface area contributed by atoms with Crippen molar-refractivity contribution in [3.05, 3.63) is 22.4 Å². The van der Waals surface area contributed by atoms with E-state index in [0.29, 0.717) is 5.92 Å². The molecule has 0 unspecified atom stereocenters. The fourth-order valence-corrected chi connectivity index (χ4v) is 4.19. The summed E-state index contributed by atoms with van der Waals surface area (Å²) < 4.78 is 0. The maximum absolute atomic E-state index is 12.2. The topological polar surface area (TPSA) is 44.4 Å². The molecule has 2 aliphatic rings. The molecule has 2 N–H and O–H groups in total. The lowest BCUT2D eigenvalue weighted by Crippen LogP contribution is -2.42. The van der Waals surface area contributed by atoms with Crippen molar-refractivity contribution in [3.8, 4) is 0 Å². The van der Waals surface area contributed by atoms with Gasteiger partial charge in [0.2, 0.25) is 5.91 Å². The van der Waals surface area contributed by atoms with Crippen LogP contribution in [0.15, 0.2) is 17.5 Å². The molecule has 130 valence electrons. The van der Waals surface area contributed by atoms with Gasteiger partial charge in [-0.05, 0) is 69.2 Å². The van der Waals surface area contributed by atoms with E-state index in [4.69, 9.17) is 0 Å². The predicted octanol–water partition coefficient (Wildman–Crippen LogP) is 2.50. The highest BCUT2D eigenvalue weighted by molar-refractivity contribution is 7.09. The molecule has 0 bridgehead atoms. The number of rotatable bonds is 5. The molecule has 3 heterocycles. The Bertz CT molecular complexity index is 454. The van der Waals surface area contributed by atoms with Crippen molar-refractivity contribution in [3.63, 3.8) is 0 Å². The van der Waals surface area contributed by atoms with Crippen LogP contribution in [0.5, 0.6) is 0 Å². The van der Waals surface area contributed by atoms with Crippen molar-refractivity contribution in [1.29, 1.82) is 0 Å². The lowest BCUT2D eigenvalue weighted by atomic mass is 9.94. The number of nitrogens with one attached hydrogen (secondary N) is 2. The minimum Gasteiger partial charge on any atom is -0.356 e. The molecule has 4 nitrogen and oxygen atoms in total. The number of hydrogen-bond acceptors (Lipinski definition) is 4. The van der Waals surface area contributed by atoms with Gasteiger partial charge >= 0.3 is 0 Å². The molecular weight excluding hydrogens is 330 g/mol. The third-order valence-corrected chi connectivity index (χ3v) is 5.80. The van der Waals surface area contributed by atoms with Crippen LogP contribution in [0.25, 0.3) is 0 Å². The third kappa shape index (κ3) is 5.75. The molecule has 3 rings (SSSR count). The fraction of sp³-hybridized carbons (Fsp3) is 0.706. The van der Waals surface area contributed by atoms with Gasteiger partial charge in [0.05, 0.1) is 0 Å². The van der Waals surface area contributed by atoms with Crippen LogP contribution in [0, 0.1) is 11.8 Å². The van der Waals surface area contributed by atoms with E-state index in [9.17, 15) is 4.79 Å². The van der Waals surface area contributed by atoms with E-state index in [1.165, 1.54) is 17.7 Å². The summed E-state index contributed by atoms with van der Waals surface area (Å²) in [7, 11) is 0. The van der Waals surface area contributed by atoms with Gasteiger partial charge in [-0.25, -0.2) is 0 Å². The molecule has 2 saturated heterocycles. The Hall–Kier alpha value is -0.620. The largest absolute Gasteiger partial charge is 0.356 e. The zero-order valence-electron chi connectivity index (χ0n) is 13.6. The molecule has 6 heteroatoms. The second-order valence-corrected chi connectivity index (χ2v) is 7.60. The molecule has 0 aromatic carbocycles. The van der Waals surface area contributed by atoms with E-state index in [1.807, 2.05) is 11.3 Å². The monoisotopic (exact) mass is 357 g/mol. The molecule has 0 aliphatic carbocycles. The van der Waals surface area contributed by atoms with Crippen LogP contribution in [0.1, 0.15) is 30.6 Å². The Morgan fingerprint density at radius 3 is 2.65 bits per heavy atom. The van der Waals surface area contributed by atoms with Gasteiger partial charge in [0.25, 0.3) is 0 Å². The van der Waals surface area contributed by atoms with E-state index in [0.717, 1.165) is 52.1 Å². The van der Waals surface area contributed by atoms with Crippen LogP contribution in [-0.2, 0) is 11.3 Å². The number of halogens is 1. The van der Waals surface area contributed by atoms with Crippen LogP contribution < -0.4 is 10.6 Å². The molecule has 1 aromatic heterocycles. The van der Waals surface area contributed by atoms with Crippen LogP contribution in [-0.4, -0.2) is 43.5 Å². The highest BCUT2D eigenvalue weighted by Gasteiger charge is 2.23. The number of piperidine rings is 2. The van der Waals surface area contributed by atoms with Gasteiger partial charge in [-0.1, -0.05) is 6.07 Å². The smallest absolute Gasteiger partial charge is 0.223 e. The molecular formula is C17H28ClN3OS. The van der Waals surface area contributed by atoms with Crippen LogP contribution in [0.4, 0.5) is 0 Å². The number of hydrogen-bond donors (Lipinski definition) is 2. The van der Waals surface area contributed by atoms with Crippen molar-refractivity contribution in [2.24, 2.45) is 11.8 Å². The van der Waals surface area contributed by atoms with Crippen molar-refractivity contribution in [2.45, 2.75) is 32.2 Å². The first-order chi connectivity index (χ1) is 10.8. The second-order valence-electron chi connectivity index (χ2n) is 6.57. The summed E-state index contributed by atoms with van der Waals surface area (Å²) in [6.07, 6.45) is 4.39. The van der Waals surface area contributed by atoms with E-state index in [-0.39, 0.29) is 24.2 Å². The third-order valence-electron chi connectivity index (χ3n) is 4.94. The summed E-state index contributed by atoms with van der Waals surface area (Å²) in [5, 5.41) is 8.66. The summed E-state index contributed by atoms with van der Waals surface area (Å²) in [6, 6.07) is 4.35. The summed E-state index contributed by atoms with van der Waals surface area (Å²) in [5.74, 6) is 1.17. The van der Waals surface area contributed by atoms with Crippen molar-refractivity contribution in [1.82, 2.24) is 15.5 Å². The van der Waals surface area contributed by atoms with Gasteiger partial charge in [0.1, 0.15) is 0 Å². The number of nitrogens with zero attached hydrogens (tertiary/aromatic N) is 1. The zero-order chi connectivity index (χ0) is 15.2. The zero-order valence-corrected chi connectivity index (χ0v) is 15.3. The first-order valence-electron chi connectivity index (χ1n) is 8.54. The van der Waals surface area contributed by atoms with Crippen LogP contribution in [0.2, 0.25) is 0 Å². The minimum atomic E-state index is 0. The molecule has 0 spiro atoms. The van der Waals surface area contributed by atoms with E-state index in [2.05, 4.69) is 33.0 Å². The summed E-state index contributed by atoms with van der Waals surface area (Å²) in [5.41, 5.74) is 0. The Kier molecular flexibility index (Phi) is 7.83. The molecule has 2 aliphatic heterocycles. The minimum absolute atomic E-state index is 0. The number of thiophene rings is 1. The lowest BCUT2D eigenvalue weighted by molar-refractivity contribution is -0.126. The standard InChI is InChI=1S/C17H27N3OS.ClH/c21-17(15-3-7-18-8-4-15)19-12-14-5-9-20(10-6-14)13-16-2-1-11-22-16;/h1-2,11,14-15,18H,3-10,12-13H2,(H,19,21);1H. The normalized spacial score (nSPS) is 20.9. The molecule has 23 heavy (non-hydrogen) atoms. The number of carbonyl (C=O) groups excluding carboxylic acids is 1. The Balaban J connectivity index is 0.00000192. The summed E-state index contributed by atoms with van der Waals surface area (Å²) in [4.78, 5) is 16.2. The average Bonchev–Trinajstić information content (AvgIpc) is 3.08. The number of amides is 1. The summed E-state index contributed by atoms with van der Waals surface area (Å²) >= 11 is 1.84. The van der Waals surface area contributed by atoms with Gasteiger partial charge in [0, 0.05) is 23.9 Å². The predicted molar refractivity (Wildman–Crippen MR) is 98.2 cm³/mol. The van der Waals surface area contributed by atoms with Crippen molar-refractivity contribution >= 4 is 29.7 Å². The van der Waals surface area contributed by atoms with E-state index >= 15 is 0 Å². The van der Waals surface area contributed by atoms with Gasteiger partial charge < -0.3 is 10.6 Å². The molecule has 1 aromatic rings. The maximum Gasteiger partial charge on any atom is 0.223 e. The quantitative estimate of drug-likeness (QED) is 0.851. The van der Waals surface area contributed by atoms with E-state index in [1.54, 1.807) is 0 Å². The first-order valence-corrected chi connectivity index (χ1v) is 9.42. The fourth-order valence-electron chi connectivity index (χ4n) is 3.44.